The van der Waals surface area contributed by atoms with Gasteiger partial charge in [0.25, 0.3) is 0 Å². The lowest BCUT2D eigenvalue weighted by Crippen LogP contribution is -2.54. The molecule has 1 aromatic rings. The van der Waals surface area contributed by atoms with E-state index in [-0.39, 0.29) is 18.5 Å². The van der Waals surface area contributed by atoms with E-state index in [2.05, 4.69) is 21.3 Å². The number of hydrogen-bond donors (Lipinski definition) is 1. The molecular weight excluding hydrogens is 392 g/mol. The van der Waals surface area contributed by atoms with E-state index in [4.69, 9.17) is 9.47 Å². The Morgan fingerprint density at radius 3 is 2.59 bits per heavy atom. The molecule has 0 atom stereocenters. The fourth-order valence-corrected chi connectivity index (χ4v) is 4.46. The smallest absolute Gasteiger partial charge is 0.216 e. The number of hydrogen-bond acceptors (Lipinski definition) is 5. The standard InChI is InChI=1S/C20H34N4O4S/c1-17(2)28-14-15-29(25,26)24-12-10-23(11-13-24)20(21-3)22-9-8-18-6-5-7-19(16-18)27-4/h5-7,16-17H,8-15H2,1-4H3,(H,21,22). The summed E-state index contributed by atoms with van der Waals surface area (Å²) < 4.78 is 37.1. The van der Waals surface area contributed by atoms with Crippen LogP contribution >= 0.6 is 0 Å². The highest BCUT2D eigenvalue weighted by molar-refractivity contribution is 7.89. The van der Waals surface area contributed by atoms with Gasteiger partial charge >= 0.3 is 0 Å². The Labute approximate surface area is 174 Å². The molecule has 0 saturated carbocycles. The number of nitrogens with one attached hydrogen (secondary N) is 1. The number of rotatable bonds is 9. The molecule has 29 heavy (non-hydrogen) atoms. The van der Waals surface area contributed by atoms with Crippen LogP contribution in [0.25, 0.3) is 0 Å². The molecule has 0 amide bonds. The summed E-state index contributed by atoms with van der Waals surface area (Å²) in [5.41, 5.74) is 1.19. The number of nitrogens with zero attached hydrogens (tertiary/aromatic N) is 3. The molecule has 1 aromatic carbocycles. The molecule has 1 fully saturated rings. The van der Waals surface area contributed by atoms with Crippen molar-refractivity contribution in [2.45, 2.75) is 26.4 Å². The van der Waals surface area contributed by atoms with E-state index >= 15 is 0 Å². The summed E-state index contributed by atoms with van der Waals surface area (Å²) in [6, 6.07) is 8.00. The van der Waals surface area contributed by atoms with Gasteiger partial charge in [0.1, 0.15) is 5.75 Å². The van der Waals surface area contributed by atoms with Gasteiger partial charge in [-0.1, -0.05) is 12.1 Å². The molecule has 0 spiro atoms. The van der Waals surface area contributed by atoms with Crippen molar-refractivity contribution in [1.82, 2.24) is 14.5 Å². The zero-order valence-electron chi connectivity index (χ0n) is 17.9. The van der Waals surface area contributed by atoms with Crippen LogP contribution in [0.5, 0.6) is 5.75 Å². The second-order valence-electron chi connectivity index (χ2n) is 7.20. The minimum atomic E-state index is -3.28. The largest absolute Gasteiger partial charge is 0.497 e. The van der Waals surface area contributed by atoms with Gasteiger partial charge in [-0.15, -0.1) is 0 Å². The van der Waals surface area contributed by atoms with Crippen LogP contribution in [0.2, 0.25) is 0 Å². The van der Waals surface area contributed by atoms with E-state index in [1.165, 1.54) is 5.56 Å². The van der Waals surface area contributed by atoms with E-state index in [0.29, 0.717) is 26.2 Å². The number of sulfonamides is 1. The Morgan fingerprint density at radius 2 is 1.97 bits per heavy atom. The highest BCUT2D eigenvalue weighted by Gasteiger charge is 2.27. The predicted molar refractivity (Wildman–Crippen MR) is 116 cm³/mol. The lowest BCUT2D eigenvalue weighted by molar-refractivity contribution is 0.0904. The van der Waals surface area contributed by atoms with Gasteiger partial charge in [-0.25, -0.2) is 8.42 Å². The van der Waals surface area contributed by atoms with Crippen molar-refractivity contribution in [1.29, 1.82) is 0 Å². The molecular formula is C20H34N4O4S. The van der Waals surface area contributed by atoms with E-state index in [1.807, 2.05) is 32.0 Å². The van der Waals surface area contributed by atoms with Crippen LogP contribution in [-0.4, -0.2) is 88.9 Å². The molecule has 0 radical (unpaired) electrons. The fourth-order valence-electron chi connectivity index (χ4n) is 3.18. The molecule has 164 valence electrons. The first-order valence-corrected chi connectivity index (χ1v) is 11.6. The molecule has 0 aliphatic carbocycles. The normalized spacial score (nSPS) is 16.3. The maximum Gasteiger partial charge on any atom is 0.216 e. The Kier molecular flexibility index (Phi) is 9.19. The fraction of sp³-hybridized carbons (Fsp3) is 0.650. The number of methoxy groups -OCH3 is 1. The van der Waals surface area contributed by atoms with Crippen molar-refractivity contribution in [2.24, 2.45) is 4.99 Å². The Balaban J connectivity index is 1.79. The first kappa shape index (κ1) is 23.4. The molecule has 8 nitrogen and oxygen atoms in total. The lowest BCUT2D eigenvalue weighted by Gasteiger charge is -2.35. The minimum absolute atomic E-state index is 0.0265. The Morgan fingerprint density at radius 1 is 1.24 bits per heavy atom. The molecule has 1 aliphatic heterocycles. The van der Waals surface area contributed by atoms with Crippen LogP contribution in [0.3, 0.4) is 0 Å². The van der Waals surface area contributed by atoms with Crippen molar-refractivity contribution in [3.8, 4) is 5.75 Å². The Bertz CT molecular complexity index is 759. The molecule has 1 saturated heterocycles. The van der Waals surface area contributed by atoms with Crippen LogP contribution in [0.4, 0.5) is 0 Å². The lowest BCUT2D eigenvalue weighted by atomic mass is 10.1. The zero-order chi connectivity index (χ0) is 21.3. The van der Waals surface area contributed by atoms with Crippen molar-refractivity contribution in [3.63, 3.8) is 0 Å². The maximum absolute atomic E-state index is 12.5. The third kappa shape index (κ3) is 7.49. The van der Waals surface area contributed by atoms with Crippen LogP contribution in [0, 0.1) is 0 Å². The van der Waals surface area contributed by atoms with E-state index in [1.54, 1.807) is 18.5 Å². The molecule has 2 rings (SSSR count). The molecule has 0 bridgehead atoms. The molecule has 0 aromatic heterocycles. The number of piperazine rings is 1. The second-order valence-corrected chi connectivity index (χ2v) is 9.29. The van der Waals surface area contributed by atoms with Gasteiger partial charge in [0.05, 0.1) is 25.6 Å². The second kappa shape index (κ2) is 11.4. The summed E-state index contributed by atoms with van der Waals surface area (Å²) in [4.78, 5) is 6.45. The topological polar surface area (TPSA) is 83.5 Å². The summed E-state index contributed by atoms with van der Waals surface area (Å²) in [6.45, 7) is 6.92. The third-order valence-corrected chi connectivity index (χ3v) is 6.60. The first-order chi connectivity index (χ1) is 13.9. The summed E-state index contributed by atoms with van der Waals surface area (Å²) >= 11 is 0. The maximum atomic E-state index is 12.5. The number of guanidine groups is 1. The molecule has 1 heterocycles. The SMILES string of the molecule is CN=C(NCCc1cccc(OC)c1)N1CCN(S(=O)(=O)CCOC(C)C)CC1. The van der Waals surface area contributed by atoms with Gasteiger partial charge in [-0.2, -0.15) is 4.31 Å². The van der Waals surface area contributed by atoms with Gasteiger partial charge in [-0.05, 0) is 38.0 Å². The van der Waals surface area contributed by atoms with Crippen molar-refractivity contribution >= 4 is 16.0 Å². The van der Waals surface area contributed by atoms with Crippen molar-refractivity contribution in [2.75, 3.05) is 59.2 Å². The van der Waals surface area contributed by atoms with Crippen LogP contribution in [-0.2, 0) is 21.2 Å². The van der Waals surface area contributed by atoms with Crippen LogP contribution in [0.15, 0.2) is 29.3 Å². The zero-order valence-corrected chi connectivity index (χ0v) is 18.7. The van der Waals surface area contributed by atoms with Gasteiger partial charge in [0.2, 0.25) is 10.0 Å². The average molecular weight is 427 g/mol. The number of aliphatic imine (C=N–C) groups is 1. The van der Waals surface area contributed by atoms with E-state index in [0.717, 1.165) is 24.7 Å². The molecule has 1 aliphatic rings. The summed E-state index contributed by atoms with van der Waals surface area (Å²) in [6.07, 6.45) is 0.883. The monoisotopic (exact) mass is 426 g/mol. The van der Waals surface area contributed by atoms with Gasteiger partial charge < -0.3 is 19.7 Å². The molecule has 1 N–H and O–H groups in total. The van der Waals surface area contributed by atoms with Crippen molar-refractivity contribution < 1.29 is 17.9 Å². The average Bonchev–Trinajstić information content (AvgIpc) is 2.71. The van der Waals surface area contributed by atoms with Crippen LogP contribution in [0.1, 0.15) is 19.4 Å². The predicted octanol–water partition coefficient (Wildman–Crippen LogP) is 1.19. The summed E-state index contributed by atoms with van der Waals surface area (Å²) in [5.74, 6) is 1.68. The number of benzene rings is 1. The van der Waals surface area contributed by atoms with Gasteiger partial charge in [0, 0.05) is 39.8 Å². The number of ether oxygens (including phenoxy) is 2. The highest BCUT2D eigenvalue weighted by atomic mass is 32.2. The van der Waals surface area contributed by atoms with Gasteiger partial charge in [0.15, 0.2) is 5.96 Å². The van der Waals surface area contributed by atoms with Crippen molar-refractivity contribution in [3.05, 3.63) is 29.8 Å². The molecule has 0 unspecified atom stereocenters. The highest BCUT2D eigenvalue weighted by Crippen LogP contribution is 2.13. The Hall–Kier alpha value is -1.84. The van der Waals surface area contributed by atoms with E-state index in [9.17, 15) is 8.42 Å². The first-order valence-electron chi connectivity index (χ1n) is 10.0. The summed E-state index contributed by atoms with van der Waals surface area (Å²) in [5, 5.41) is 3.37. The third-order valence-electron chi connectivity index (χ3n) is 4.77. The molecule has 9 heteroatoms. The van der Waals surface area contributed by atoms with E-state index < -0.39 is 10.0 Å². The summed E-state index contributed by atoms with van der Waals surface area (Å²) in [7, 11) is 0.128. The van der Waals surface area contributed by atoms with Gasteiger partial charge in [-0.3, -0.25) is 4.99 Å². The minimum Gasteiger partial charge on any atom is -0.497 e. The van der Waals surface area contributed by atoms with Crippen LogP contribution < -0.4 is 10.1 Å². The quantitative estimate of drug-likeness (QED) is 0.472.